The van der Waals surface area contributed by atoms with E-state index >= 15 is 0 Å². The standard InChI is InChI=1S/C23H22N4O3S2/c1-14(2)32(29,30)16-8-5-7-15(13-16)22(28)25-21-17-9-6-11-18(17)26-27(21)23-24-19-10-3-4-12-20(19)31-23/h3-5,7-8,10,12-14H,6,9,11H2,1-2H3,(H,25,28). The molecule has 0 saturated heterocycles. The van der Waals surface area contributed by atoms with Crippen molar-refractivity contribution < 1.29 is 13.2 Å². The van der Waals surface area contributed by atoms with Gasteiger partial charge in [0.15, 0.2) is 9.84 Å². The molecular weight excluding hydrogens is 444 g/mol. The number of carbonyl (C=O) groups is 1. The molecule has 5 rings (SSSR count). The van der Waals surface area contributed by atoms with Gasteiger partial charge in [-0.05, 0) is 63.4 Å². The Morgan fingerprint density at radius 2 is 1.94 bits per heavy atom. The molecule has 0 fully saturated rings. The number of anilines is 1. The second kappa shape index (κ2) is 7.83. The largest absolute Gasteiger partial charge is 0.306 e. The molecule has 0 spiro atoms. The number of benzene rings is 2. The van der Waals surface area contributed by atoms with Gasteiger partial charge in [0, 0.05) is 11.1 Å². The molecule has 4 aromatic rings. The number of hydrogen-bond acceptors (Lipinski definition) is 6. The van der Waals surface area contributed by atoms with Gasteiger partial charge in [0.1, 0.15) is 5.82 Å². The molecule has 0 aliphatic heterocycles. The van der Waals surface area contributed by atoms with E-state index in [9.17, 15) is 13.2 Å². The van der Waals surface area contributed by atoms with E-state index in [-0.39, 0.29) is 16.4 Å². The van der Waals surface area contributed by atoms with Crippen LogP contribution in [-0.4, -0.2) is 34.3 Å². The average Bonchev–Trinajstić information content (AvgIpc) is 3.48. The van der Waals surface area contributed by atoms with Crippen LogP contribution in [0.25, 0.3) is 15.3 Å². The van der Waals surface area contributed by atoms with Gasteiger partial charge in [0.05, 0.1) is 26.1 Å². The zero-order chi connectivity index (χ0) is 22.5. The number of carbonyl (C=O) groups excluding carboxylic acids is 1. The van der Waals surface area contributed by atoms with E-state index in [1.165, 1.54) is 23.5 Å². The highest BCUT2D eigenvalue weighted by atomic mass is 32.2. The molecule has 2 aromatic heterocycles. The van der Waals surface area contributed by atoms with Crippen molar-refractivity contribution in [2.45, 2.75) is 43.3 Å². The zero-order valence-electron chi connectivity index (χ0n) is 17.7. The fourth-order valence-electron chi connectivity index (χ4n) is 3.88. The predicted molar refractivity (Wildman–Crippen MR) is 125 cm³/mol. The third-order valence-electron chi connectivity index (χ3n) is 5.65. The van der Waals surface area contributed by atoms with E-state index in [2.05, 4.69) is 5.32 Å². The number of sulfone groups is 1. The highest BCUT2D eigenvalue weighted by Crippen LogP contribution is 2.34. The molecular formula is C23H22N4O3S2. The van der Waals surface area contributed by atoms with Crippen LogP contribution in [0.5, 0.6) is 0 Å². The van der Waals surface area contributed by atoms with Crippen molar-refractivity contribution in [2.24, 2.45) is 0 Å². The Morgan fingerprint density at radius 3 is 2.72 bits per heavy atom. The highest BCUT2D eigenvalue weighted by Gasteiger charge is 2.26. The average molecular weight is 467 g/mol. The summed E-state index contributed by atoms with van der Waals surface area (Å²) in [7, 11) is -3.48. The molecule has 1 aliphatic rings. The van der Waals surface area contributed by atoms with Crippen molar-refractivity contribution in [3.05, 3.63) is 65.4 Å². The van der Waals surface area contributed by atoms with Gasteiger partial charge in [0.2, 0.25) is 5.13 Å². The molecule has 164 valence electrons. The minimum atomic E-state index is -3.48. The topological polar surface area (TPSA) is 94.0 Å². The number of hydrogen-bond donors (Lipinski definition) is 1. The molecule has 32 heavy (non-hydrogen) atoms. The van der Waals surface area contributed by atoms with Crippen LogP contribution in [0, 0.1) is 0 Å². The van der Waals surface area contributed by atoms with Gasteiger partial charge in [-0.1, -0.05) is 29.5 Å². The van der Waals surface area contributed by atoms with Crippen molar-refractivity contribution in [1.82, 2.24) is 14.8 Å². The van der Waals surface area contributed by atoms with Crippen LogP contribution < -0.4 is 5.32 Å². The summed E-state index contributed by atoms with van der Waals surface area (Å²) in [5.74, 6) is 0.237. The molecule has 2 heterocycles. The second-order valence-electron chi connectivity index (χ2n) is 8.08. The summed E-state index contributed by atoms with van der Waals surface area (Å²) >= 11 is 1.51. The lowest BCUT2D eigenvalue weighted by atomic mass is 10.2. The van der Waals surface area contributed by atoms with Crippen LogP contribution in [0.4, 0.5) is 5.82 Å². The van der Waals surface area contributed by atoms with Gasteiger partial charge in [0.25, 0.3) is 5.91 Å². The van der Waals surface area contributed by atoms with Crippen LogP contribution in [0.15, 0.2) is 53.4 Å². The van der Waals surface area contributed by atoms with Gasteiger partial charge in [-0.25, -0.2) is 13.4 Å². The number of aromatic nitrogens is 3. The first-order valence-corrected chi connectivity index (χ1v) is 12.8. The summed E-state index contributed by atoms with van der Waals surface area (Å²) in [5, 5.41) is 7.85. The Hall–Kier alpha value is -3.04. The minimum Gasteiger partial charge on any atom is -0.306 e. The first-order valence-electron chi connectivity index (χ1n) is 10.5. The summed E-state index contributed by atoms with van der Waals surface area (Å²) < 4.78 is 27.9. The van der Waals surface area contributed by atoms with Gasteiger partial charge in [-0.15, -0.1) is 0 Å². The molecule has 0 bridgehead atoms. The van der Waals surface area contributed by atoms with E-state index in [0.29, 0.717) is 10.9 Å². The number of aryl methyl sites for hydroxylation is 1. The lowest BCUT2D eigenvalue weighted by molar-refractivity contribution is 0.102. The van der Waals surface area contributed by atoms with Crippen LogP contribution in [0.2, 0.25) is 0 Å². The second-order valence-corrected chi connectivity index (χ2v) is 11.6. The zero-order valence-corrected chi connectivity index (χ0v) is 19.3. The maximum Gasteiger partial charge on any atom is 0.256 e. The molecule has 7 nitrogen and oxygen atoms in total. The Balaban J connectivity index is 1.53. The normalized spacial score (nSPS) is 13.6. The van der Waals surface area contributed by atoms with Gasteiger partial charge in [-0.2, -0.15) is 9.78 Å². The van der Waals surface area contributed by atoms with Gasteiger partial charge < -0.3 is 5.32 Å². The quantitative estimate of drug-likeness (QED) is 0.470. The van der Waals surface area contributed by atoms with Crippen molar-refractivity contribution in [3.8, 4) is 5.13 Å². The SMILES string of the molecule is CC(C)S(=O)(=O)c1cccc(C(=O)Nc2c3c(nn2-c2nc4ccccc4s2)CCC3)c1. The van der Waals surface area contributed by atoms with E-state index in [0.717, 1.165) is 40.7 Å². The van der Waals surface area contributed by atoms with Crippen molar-refractivity contribution in [3.63, 3.8) is 0 Å². The Bertz CT molecular complexity index is 1420. The molecule has 1 N–H and O–H groups in total. The van der Waals surface area contributed by atoms with Gasteiger partial charge in [-0.3, -0.25) is 4.79 Å². The number of amides is 1. The number of rotatable bonds is 5. The van der Waals surface area contributed by atoms with Crippen LogP contribution >= 0.6 is 11.3 Å². The maximum absolute atomic E-state index is 13.2. The molecule has 0 atom stereocenters. The molecule has 1 amide bonds. The van der Waals surface area contributed by atoms with Crippen LogP contribution in [-0.2, 0) is 22.7 Å². The summed E-state index contributed by atoms with van der Waals surface area (Å²) in [6.07, 6.45) is 2.68. The Labute approximate surface area is 190 Å². The maximum atomic E-state index is 13.2. The van der Waals surface area contributed by atoms with E-state index < -0.39 is 15.1 Å². The van der Waals surface area contributed by atoms with Crippen LogP contribution in [0.3, 0.4) is 0 Å². The molecule has 1 aliphatic carbocycles. The lowest BCUT2D eigenvalue weighted by Gasteiger charge is -2.11. The number of nitrogens with one attached hydrogen (secondary N) is 1. The fourth-order valence-corrected chi connectivity index (χ4v) is 5.90. The molecule has 9 heteroatoms. The molecule has 2 aromatic carbocycles. The fraction of sp³-hybridized carbons (Fsp3) is 0.261. The minimum absolute atomic E-state index is 0.144. The summed E-state index contributed by atoms with van der Waals surface area (Å²) in [4.78, 5) is 18.0. The summed E-state index contributed by atoms with van der Waals surface area (Å²) in [5.41, 5.74) is 3.15. The third kappa shape index (κ3) is 3.51. The first kappa shape index (κ1) is 20.8. The summed E-state index contributed by atoms with van der Waals surface area (Å²) in [6, 6.07) is 14.0. The van der Waals surface area contributed by atoms with Crippen molar-refractivity contribution >= 4 is 43.1 Å². The predicted octanol–water partition coefficient (Wildman–Crippen LogP) is 4.41. The molecule has 0 unspecified atom stereocenters. The molecule has 0 radical (unpaired) electrons. The number of para-hydroxylation sites is 1. The first-order chi connectivity index (χ1) is 15.3. The Morgan fingerprint density at radius 1 is 1.12 bits per heavy atom. The van der Waals surface area contributed by atoms with Crippen molar-refractivity contribution in [1.29, 1.82) is 0 Å². The molecule has 0 saturated carbocycles. The number of nitrogens with zero attached hydrogens (tertiary/aromatic N) is 3. The van der Waals surface area contributed by atoms with Crippen molar-refractivity contribution in [2.75, 3.05) is 5.32 Å². The Kier molecular flexibility index (Phi) is 5.10. The third-order valence-corrected chi connectivity index (χ3v) is 8.81. The van der Waals surface area contributed by atoms with E-state index in [1.807, 2.05) is 24.3 Å². The number of thiazole rings is 1. The summed E-state index contributed by atoms with van der Waals surface area (Å²) in [6.45, 7) is 3.25. The highest BCUT2D eigenvalue weighted by molar-refractivity contribution is 7.92. The number of fused-ring (bicyclic) bond motifs is 2. The van der Waals surface area contributed by atoms with Crippen LogP contribution in [0.1, 0.15) is 41.9 Å². The van der Waals surface area contributed by atoms with Gasteiger partial charge >= 0.3 is 0 Å². The van der Waals surface area contributed by atoms with E-state index in [4.69, 9.17) is 10.1 Å². The monoisotopic (exact) mass is 466 g/mol. The lowest BCUT2D eigenvalue weighted by Crippen LogP contribution is -2.18. The smallest absolute Gasteiger partial charge is 0.256 e. The van der Waals surface area contributed by atoms with E-state index in [1.54, 1.807) is 30.7 Å².